The first-order valence-electron chi connectivity index (χ1n) is 14.5. The minimum absolute atomic E-state index is 0.0753. The molecule has 3 rings (SSSR count). The van der Waals surface area contributed by atoms with Crippen LogP contribution in [-0.4, -0.2) is 44.7 Å². The van der Waals surface area contributed by atoms with Crippen molar-refractivity contribution in [2.24, 2.45) is 0 Å². The van der Waals surface area contributed by atoms with Crippen molar-refractivity contribution in [2.75, 3.05) is 26.8 Å². The van der Waals surface area contributed by atoms with Gasteiger partial charge in [-0.15, -0.1) is 0 Å². The van der Waals surface area contributed by atoms with Crippen LogP contribution in [0.25, 0.3) is 0 Å². The van der Waals surface area contributed by atoms with Crippen molar-refractivity contribution >= 4 is 17.9 Å². The molecule has 0 aliphatic rings. The Labute approximate surface area is 271 Å². The maximum absolute atomic E-state index is 14.7. The lowest BCUT2D eigenvalue weighted by atomic mass is 10.2. The lowest BCUT2D eigenvalue weighted by molar-refractivity contribution is -0.131. The smallest absolute Gasteiger partial charge is 0.343 e. The molecule has 3 aromatic rings. The van der Waals surface area contributed by atoms with Gasteiger partial charge in [0, 0.05) is 18.2 Å². The molecule has 0 amide bonds. The molecule has 0 heterocycles. The summed E-state index contributed by atoms with van der Waals surface area (Å²) < 4.78 is 56.8. The van der Waals surface area contributed by atoms with Crippen molar-refractivity contribution in [1.82, 2.24) is 0 Å². The first-order valence-corrected chi connectivity index (χ1v) is 14.5. The number of unbranched alkanes of at least 4 members (excludes halogenated alkanes) is 3. The van der Waals surface area contributed by atoms with Gasteiger partial charge in [0.1, 0.15) is 17.2 Å². The number of esters is 3. The Morgan fingerprint density at radius 3 is 1.89 bits per heavy atom. The molecule has 47 heavy (non-hydrogen) atoms. The summed E-state index contributed by atoms with van der Waals surface area (Å²) in [5, 5.41) is 0. The number of benzene rings is 3. The van der Waals surface area contributed by atoms with E-state index in [9.17, 15) is 18.8 Å². The number of hydrogen-bond acceptors (Lipinski definition) is 11. The molecule has 0 saturated carbocycles. The Morgan fingerprint density at radius 2 is 1.23 bits per heavy atom. The highest BCUT2D eigenvalue weighted by atomic mass is 19.1. The monoisotopic (exact) mass is 650 g/mol. The predicted molar refractivity (Wildman–Crippen MR) is 168 cm³/mol. The SMILES string of the molecule is C=COCOCCCCCCOc1ccc(OCOc2ccc(OC(=O)c3ccc(OC(=O)C=C)c(OC(=O)C=C)c3)cc2F)cc1. The average Bonchev–Trinajstić information content (AvgIpc) is 3.07. The molecular formula is C35H35FO11. The van der Waals surface area contributed by atoms with Crippen LogP contribution in [0.5, 0.6) is 34.5 Å². The van der Waals surface area contributed by atoms with Crippen molar-refractivity contribution in [2.45, 2.75) is 25.7 Å². The van der Waals surface area contributed by atoms with Gasteiger partial charge in [-0.05, 0) is 73.9 Å². The first kappa shape index (κ1) is 35.9. The fraction of sp³-hybridized carbons (Fsp3) is 0.229. The Hall–Kier alpha value is -5.62. The van der Waals surface area contributed by atoms with Crippen molar-refractivity contribution in [3.8, 4) is 34.5 Å². The lowest BCUT2D eigenvalue weighted by Crippen LogP contribution is -2.12. The summed E-state index contributed by atoms with van der Waals surface area (Å²) in [5.74, 6) is -2.81. The summed E-state index contributed by atoms with van der Waals surface area (Å²) >= 11 is 0. The second-order valence-electron chi connectivity index (χ2n) is 9.39. The van der Waals surface area contributed by atoms with Gasteiger partial charge in [-0.2, -0.15) is 0 Å². The van der Waals surface area contributed by atoms with Gasteiger partial charge in [0.25, 0.3) is 0 Å². The molecule has 0 bridgehead atoms. The van der Waals surface area contributed by atoms with E-state index in [2.05, 4.69) is 19.7 Å². The van der Waals surface area contributed by atoms with Gasteiger partial charge < -0.3 is 37.9 Å². The molecule has 3 aromatic carbocycles. The van der Waals surface area contributed by atoms with E-state index in [1.165, 1.54) is 30.5 Å². The van der Waals surface area contributed by atoms with Crippen LogP contribution in [0.1, 0.15) is 36.0 Å². The third-order valence-electron chi connectivity index (χ3n) is 6.03. The number of carbonyl (C=O) groups excluding carboxylic acids is 3. The molecule has 0 spiro atoms. The molecular weight excluding hydrogens is 615 g/mol. The first-order chi connectivity index (χ1) is 22.8. The summed E-state index contributed by atoms with van der Waals surface area (Å²) in [7, 11) is 0. The highest BCUT2D eigenvalue weighted by Gasteiger charge is 2.18. The molecule has 11 nitrogen and oxygen atoms in total. The van der Waals surface area contributed by atoms with E-state index < -0.39 is 23.7 Å². The number of carbonyl (C=O) groups is 3. The molecule has 0 unspecified atom stereocenters. The van der Waals surface area contributed by atoms with E-state index in [-0.39, 0.29) is 42.1 Å². The quantitative estimate of drug-likeness (QED) is 0.0305. The number of halogens is 1. The van der Waals surface area contributed by atoms with E-state index >= 15 is 0 Å². The molecule has 0 saturated heterocycles. The van der Waals surface area contributed by atoms with Gasteiger partial charge in [-0.25, -0.2) is 18.8 Å². The number of rotatable bonds is 21. The standard InChI is InChI=1S/C35H35FO11/c1-4-33(37)46-31-17-11-25(21-32(31)47-34(38)5-2)35(39)45-28-16-18-30(29(36)22-28)44-24-43-27-14-12-26(13-15-27)42-20-10-8-7-9-19-41-23-40-6-3/h4-6,11-18,21-22H,1-3,7-10,19-20,23-24H2. The Balaban J connectivity index is 1.43. The van der Waals surface area contributed by atoms with Crippen LogP contribution in [0.15, 0.2) is 98.8 Å². The minimum Gasteiger partial charge on any atom is -0.494 e. The van der Waals surface area contributed by atoms with Gasteiger partial charge in [0.15, 0.2) is 29.9 Å². The van der Waals surface area contributed by atoms with E-state index in [4.69, 9.17) is 37.9 Å². The van der Waals surface area contributed by atoms with E-state index in [0.29, 0.717) is 24.7 Å². The molecule has 0 aromatic heterocycles. The van der Waals surface area contributed by atoms with Crippen molar-refractivity contribution in [1.29, 1.82) is 0 Å². The van der Waals surface area contributed by atoms with Crippen molar-refractivity contribution < 1.29 is 56.7 Å². The minimum atomic E-state index is -0.900. The van der Waals surface area contributed by atoms with Crippen molar-refractivity contribution in [3.05, 3.63) is 110 Å². The Kier molecular flexibility index (Phi) is 15.0. The van der Waals surface area contributed by atoms with Crippen LogP contribution in [0, 0.1) is 5.82 Å². The molecule has 248 valence electrons. The molecule has 0 aliphatic carbocycles. The van der Waals surface area contributed by atoms with Crippen LogP contribution < -0.4 is 28.4 Å². The second-order valence-corrected chi connectivity index (χ2v) is 9.39. The molecule has 0 aliphatic heterocycles. The summed E-state index contributed by atoms with van der Waals surface area (Å²) in [6.07, 6.45) is 7.06. The van der Waals surface area contributed by atoms with Crippen LogP contribution in [-0.2, 0) is 19.1 Å². The largest absolute Gasteiger partial charge is 0.494 e. The molecule has 0 atom stereocenters. The van der Waals surface area contributed by atoms with Gasteiger partial charge >= 0.3 is 17.9 Å². The van der Waals surface area contributed by atoms with Gasteiger partial charge in [-0.3, -0.25) is 0 Å². The molecule has 0 N–H and O–H groups in total. The summed E-state index contributed by atoms with van der Waals surface area (Å²) in [6.45, 7) is 11.2. The van der Waals surface area contributed by atoms with Gasteiger partial charge in [0.2, 0.25) is 6.79 Å². The topological polar surface area (TPSA) is 125 Å². The highest BCUT2D eigenvalue weighted by molar-refractivity contribution is 5.93. The summed E-state index contributed by atoms with van der Waals surface area (Å²) in [6, 6.07) is 14.1. The maximum atomic E-state index is 14.7. The van der Waals surface area contributed by atoms with Crippen LogP contribution in [0.2, 0.25) is 0 Å². The van der Waals surface area contributed by atoms with E-state index in [1.54, 1.807) is 24.3 Å². The summed E-state index contributed by atoms with van der Waals surface area (Å²) in [5.41, 5.74) is -0.0753. The van der Waals surface area contributed by atoms with Crippen LogP contribution >= 0.6 is 0 Å². The van der Waals surface area contributed by atoms with E-state index in [1.807, 2.05) is 0 Å². The van der Waals surface area contributed by atoms with Crippen LogP contribution in [0.4, 0.5) is 4.39 Å². The van der Waals surface area contributed by atoms with E-state index in [0.717, 1.165) is 50.0 Å². The fourth-order valence-corrected chi connectivity index (χ4v) is 3.73. The average molecular weight is 651 g/mol. The van der Waals surface area contributed by atoms with Crippen LogP contribution in [0.3, 0.4) is 0 Å². The van der Waals surface area contributed by atoms with Gasteiger partial charge in [-0.1, -0.05) is 26.2 Å². The normalized spacial score (nSPS) is 10.2. The molecule has 0 fully saturated rings. The Morgan fingerprint density at radius 1 is 0.617 bits per heavy atom. The number of ether oxygens (including phenoxy) is 8. The maximum Gasteiger partial charge on any atom is 0.343 e. The molecule has 12 heteroatoms. The zero-order valence-corrected chi connectivity index (χ0v) is 25.7. The van der Waals surface area contributed by atoms with Gasteiger partial charge in [0.05, 0.1) is 25.0 Å². The third-order valence-corrected chi connectivity index (χ3v) is 6.03. The lowest BCUT2D eigenvalue weighted by Gasteiger charge is -2.12. The number of hydrogen-bond donors (Lipinski definition) is 0. The summed E-state index contributed by atoms with van der Waals surface area (Å²) in [4.78, 5) is 36.0. The zero-order valence-electron chi connectivity index (χ0n) is 25.7. The predicted octanol–water partition coefficient (Wildman–Crippen LogP) is 6.72. The molecule has 0 radical (unpaired) electrons. The Bertz CT molecular complexity index is 1520. The second kappa shape index (κ2) is 19.7. The fourth-order valence-electron chi connectivity index (χ4n) is 3.73. The highest BCUT2D eigenvalue weighted by Crippen LogP contribution is 2.30. The third kappa shape index (κ3) is 12.7. The van der Waals surface area contributed by atoms with Crippen molar-refractivity contribution in [3.63, 3.8) is 0 Å². The zero-order chi connectivity index (χ0) is 33.9.